The van der Waals surface area contributed by atoms with Crippen molar-refractivity contribution in [3.63, 3.8) is 0 Å². The van der Waals surface area contributed by atoms with Gasteiger partial charge in [-0.2, -0.15) is 5.26 Å². The van der Waals surface area contributed by atoms with Crippen molar-refractivity contribution in [2.75, 3.05) is 0 Å². The van der Waals surface area contributed by atoms with E-state index in [9.17, 15) is 0 Å². The monoisotopic (exact) mass is 241 g/mol. The Morgan fingerprint density at radius 1 is 1.24 bits per heavy atom. The van der Waals surface area contributed by atoms with Gasteiger partial charge in [0.25, 0.3) is 0 Å². The molecule has 0 radical (unpaired) electrons. The molecule has 0 saturated carbocycles. The van der Waals surface area contributed by atoms with Crippen molar-refractivity contribution < 1.29 is 0 Å². The van der Waals surface area contributed by atoms with Gasteiger partial charge in [-0.3, -0.25) is 0 Å². The van der Waals surface area contributed by atoms with E-state index in [0.29, 0.717) is 5.69 Å². The molecule has 17 heavy (non-hydrogen) atoms. The van der Waals surface area contributed by atoms with E-state index >= 15 is 0 Å². The molecule has 0 atom stereocenters. The third kappa shape index (κ3) is 3.05. The van der Waals surface area contributed by atoms with Crippen molar-refractivity contribution >= 4 is 11.8 Å². The predicted molar refractivity (Wildman–Crippen MR) is 66.8 cm³/mol. The molecule has 84 valence electrons. The largest absolute Gasteiger partial charge is 0.246 e. The smallest absolute Gasteiger partial charge is 0.140 e. The molecule has 0 amide bonds. The Hall–Kier alpha value is -1.86. The lowest BCUT2D eigenvalue weighted by molar-refractivity contribution is 1.04. The lowest BCUT2D eigenvalue weighted by atomic mass is 10.3. The Morgan fingerprint density at radius 2 is 2.06 bits per heavy atom. The zero-order valence-electron chi connectivity index (χ0n) is 9.64. The van der Waals surface area contributed by atoms with E-state index in [1.165, 1.54) is 5.56 Å². The predicted octanol–water partition coefficient (Wildman–Crippen LogP) is 3.12. The number of aryl methyl sites for hydroxylation is 2. The maximum absolute atomic E-state index is 8.66. The molecule has 2 aromatic rings. The summed E-state index contributed by atoms with van der Waals surface area (Å²) >= 11 is 1.55. The van der Waals surface area contributed by atoms with Gasteiger partial charge in [-0.15, -0.1) is 0 Å². The molecule has 0 aliphatic heterocycles. The topological polar surface area (TPSA) is 49.6 Å². The van der Waals surface area contributed by atoms with Crippen LogP contribution in [0.3, 0.4) is 0 Å². The Labute approximate surface area is 105 Å². The summed E-state index contributed by atoms with van der Waals surface area (Å²) in [5.74, 6) is 0. The maximum atomic E-state index is 8.66. The molecule has 3 nitrogen and oxygen atoms in total. The number of hydrogen-bond acceptors (Lipinski definition) is 4. The number of rotatable bonds is 2. The molecule has 0 saturated heterocycles. The standard InChI is InChI=1S/C13H11N3S/c1-9-5-10(2)16-13(6-9)17-12-4-3-11(7-14)15-8-12/h3-6,8H,1-2H3. The van der Waals surface area contributed by atoms with Crippen molar-refractivity contribution in [3.8, 4) is 6.07 Å². The molecule has 0 N–H and O–H groups in total. The zero-order valence-corrected chi connectivity index (χ0v) is 10.5. The number of nitriles is 1. The first-order chi connectivity index (χ1) is 8.17. The molecule has 0 spiro atoms. The van der Waals surface area contributed by atoms with Crippen LogP contribution in [0.4, 0.5) is 0 Å². The summed E-state index contributed by atoms with van der Waals surface area (Å²) in [7, 11) is 0. The van der Waals surface area contributed by atoms with Gasteiger partial charge < -0.3 is 0 Å². The molecule has 2 aromatic heterocycles. The third-order valence-corrected chi connectivity index (χ3v) is 3.04. The minimum atomic E-state index is 0.433. The van der Waals surface area contributed by atoms with Gasteiger partial charge >= 0.3 is 0 Å². The fourth-order valence-electron chi connectivity index (χ4n) is 1.48. The highest BCUT2D eigenvalue weighted by atomic mass is 32.2. The second kappa shape index (κ2) is 4.98. The molecular formula is C13H11N3S. The average molecular weight is 241 g/mol. The van der Waals surface area contributed by atoms with Crippen LogP contribution in [0.2, 0.25) is 0 Å². The molecule has 2 heterocycles. The Bertz CT molecular complexity index is 550. The maximum Gasteiger partial charge on any atom is 0.140 e. The van der Waals surface area contributed by atoms with Crippen LogP contribution in [0, 0.1) is 25.2 Å². The van der Waals surface area contributed by atoms with Crippen molar-refractivity contribution in [1.29, 1.82) is 5.26 Å². The van der Waals surface area contributed by atoms with Crippen molar-refractivity contribution in [1.82, 2.24) is 9.97 Å². The van der Waals surface area contributed by atoms with E-state index in [4.69, 9.17) is 5.26 Å². The lowest BCUT2D eigenvalue weighted by Gasteiger charge is -2.03. The van der Waals surface area contributed by atoms with Crippen LogP contribution in [0.5, 0.6) is 0 Å². The molecular weight excluding hydrogens is 230 g/mol. The Kier molecular flexibility index (Phi) is 3.40. The molecule has 0 unspecified atom stereocenters. The quantitative estimate of drug-likeness (QED) is 0.810. The normalized spacial score (nSPS) is 9.94. The van der Waals surface area contributed by atoms with E-state index in [1.54, 1.807) is 24.0 Å². The van der Waals surface area contributed by atoms with Gasteiger partial charge in [0.05, 0.1) is 0 Å². The average Bonchev–Trinajstić information content (AvgIpc) is 2.28. The van der Waals surface area contributed by atoms with Gasteiger partial charge in [-0.25, -0.2) is 9.97 Å². The van der Waals surface area contributed by atoms with E-state index in [2.05, 4.69) is 16.9 Å². The zero-order chi connectivity index (χ0) is 12.3. The molecule has 2 rings (SSSR count). The first-order valence-corrected chi connectivity index (χ1v) is 5.98. The summed E-state index contributed by atoms with van der Waals surface area (Å²) in [6.45, 7) is 4.03. The van der Waals surface area contributed by atoms with E-state index < -0.39 is 0 Å². The third-order valence-electron chi connectivity index (χ3n) is 2.15. The molecule has 0 fully saturated rings. The van der Waals surface area contributed by atoms with Gasteiger partial charge in [0.2, 0.25) is 0 Å². The minimum Gasteiger partial charge on any atom is -0.246 e. The van der Waals surface area contributed by atoms with Crippen molar-refractivity contribution in [2.45, 2.75) is 23.8 Å². The van der Waals surface area contributed by atoms with Gasteiger partial charge in [0.1, 0.15) is 16.8 Å². The number of aromatic nitrogens is 2. The highest BCUT2D eigenvalue weighted by Crippen LogP contribution is 2.26. The van der Waals surface area contributed by atoms with Crippen molar-refractivity contribution in [2.24, 2.45) is 0 Å². The summed E-state index contributed by atoms with van der Waals surface area (Å²) in [4.78, 5) is 9.46. The van der Waals surface area contributed by atoms with E-state index in [-0.39, 0.29) is 0 Å². The SMILES string of the molecule is Cc1cc(C)nc(Sc2ccc(C#N)nc2)c1. The second-order valence-corrected chi connectivity index (χ2v) is 4.81. The van der Waals surface area contributed by atoms with Crippen LogP contribution in [-0.4, -0.2) is 9.97 Å². The first kappa shape index (κ1) is 11.6. The van der Waals surface area contributed by atoms with Crippen molar-refractivity contribution in [3.05, 3.63) is 47.4 Å². The van der Waals surface area contributed by atoms with Gasteiger partial charge in [-0.05, 0) is 43.7 Å². The first-order valence-electron chi connectivity index (χ1n) is 5.16. The number of pyridine rings is 2. The Balaban J connectivity index is 2.22. The van der Waals surface area contributed by atoms with E-state index in [1.807, 2.05) is 31.2 Å². The lowest BCUT2D eigenvalue weighted by Crippen LogP contribution is -1.87. The fraction of sp³-hybridized carbons (Fsp3) is 0.154. The second-order valence-electron chi connectivity index (χ2n) is 3.72. The molecule has 0 aromatic carbocycles. The highest BCUT2D eigenvalue weighted by molar-refractivity contribution is 7.99. The van der Waals surface area contributed by atoms with Crippen LogP contribution in [0.1, 0.15) is 17.0 Å². The molecule has 0 aliphatic rings. The summed E-state index contributed by atoms with van der Waals surface area (Å²) in [6.07, 6.45) is 1.70. The number of nitrogens with zero attached hydrogens (tertiary/aromatic N) is 3. The highest BCUT2D eigenvalue weighted by Gasteiger charge is 2.01. The molecule has 0 aliphatic carbocycles. The van der Waals surface area contributed by atoms with Crippen LogP contribution in [-0.2, 0) is 0 Å². The van der Waals surface area contributed by atoms with Crippen LogP contribution >= 0.6 is 11.8 Å². The van der Waals surface area contributed by atoms with Gasteiger partial charge in [0, 0.05) is 16.8 Å². The molecule has 0 bridgehead atoms. The fourth-order valence-corrected chi connectivity index (χ4v) is 2.40. The number of hydrogen-bond donors (Lipinski definition) is 0. The summed E-state index contributed by atoms with van der Waals surface area (Å²) in [5.41, 5.74) is 2.64. The summed E-state index contributed by atoms with van der Waals surface area (Å²) in [6, 6.07) is 9.68. The minimum absolute atomic E-state index is 0.433. The Morgan fingerprint density at radius 3 is 2.65 bits per heavy atom. The van der Waals surface area contributed by atoms with Crippen LogP contribution in [0.25, 0.3) is 0 Å². The molecule has 4 heteroatoms. The summed E-state index contributed by atoms with van der Waals surface area (Å²) < 4.78 is 0. The van der Waals surface area contributed by atoms with Crippen LogP contribution < -0.4 is 0 Å². The van der Waals surface area contributed by atoms with Crippen LogP contribution in [0.15, 0.2) is 40.4 Å². The van der Waals surface area contributed by atoms with Gasteiger partial charge in [-0.1, -0.05) is 11.8 Å². The van der Waals surface area contributed by atoms with Gasteiger partial charge in [0.15, 0.2) is 0 Å². The summed E-state index contributed by atoms with van der Waals surface area (Å²) in [5, 5.41) is 9.61. The van der Waals surface area contributed by atoms with E-state index in [0.717, 1.165) is 15.6 Å².